The van der Waals surface area contributed by atoms with E-state index in [-0.39, 0.29) is 0 Å². The fourth-order valence-corrected chi connectivity index (χ4v) is 3.91. The molecule has 2 N–H and O–H groups in total. The van der Waals surface area contributed by atoms with Crippen molar-refractivity contribution < 1.29 is 0 Å². The molecule has 1 heterocycles. The zero-order valence-corrected chi connectivity index (χ0v) is 11.9. The van der Waals surface area contributed by atoms with Crippen molar-refractivity contribution in [2.75, 3.05) is 19.6 Å². The molecule has 3 unspecified atom stereocenters. The van der Waals surface area contributed by atoms with Gasteiger partial charge < -0.3 is 5.73 Å². The van der Waals surface area contributed by atoms with Crippen LogP contribution in [0.15, 0.2) is 0 Å². The van der Waals surface area contributed by atoms with Crippen LogP contribution in [0, 0.1) is 17.3 Å². The molecule has 0 spiro atoms. The molecule has 1 saturated carbocycles. The Hall–Kier alpha value is -0.0800. The molecule has 2 rings (SSSR count). The van der Waals surface area contributed by atoms with Crippen LogP contribution in [-0.4, -0.2) is 30.6 Å². The van der Waals surface area contributed by atoms with E-state index in [1.165, 1.54) is 45.2 Å². The second-order valence-electron chi connectivity index (χ2n) is 7.21. The molecule has 0 bridgehead atoms. The quantitative estimate of drug-likeness (QED) is 0.801. The van der Waals surface area contributed by atoms with Gasteiger partial charge in [-0.3, -0.25) is 4.90 Å². The summed E-state index contributed by atoms with van der Waals surface area (Å²) in [4.78, 5) is 2.76. The first-order valence-electron chi connectivity index (χ1n) is 7.46. The zero-order valence-electron chi connectivity index (χ0n) is 11.9. The van der Waals surface area contributed by atoms with E-state index in [1.54, 1.807) is 0 Å². The van der Waals surface area contributed by atoms with Gasteiger partial charge in [0.2, 0.25) is 0 Å². The topological polar surface area (TPSA) is 29.3 Å². The molecule has 0 aromatic carbocycles. The van der Waals surface area contributed by atoms with Gasteiger partial charge in [-0.2, -0.15) is 0 Å². The Morgan fingerprint density at radius 1 is 1.12 bits per heavy atom. The first-order valence-corrected chi connectivity index (χ1v) is 7.46. The van der Waals surface area contributed by atoms with Crippen LogP contribution in [0.25, 0.3) is 0 Å². The summed E-state index contributed by atoms with van der Waals surface area (Å²) in [6, 6.07) is 0.834. The third kappa shape index (κ3) is 3.03. The van der Waals surface area contributed by atoms with E-state index >= 15 is 0 Å². The highest BCUT2D eigenvalue weighted by Crippen LogP contribution is 2.41. The van der Waals surface area contributed by atoms with Gasteiger partial charge in [0.15, 0.2) is 0 Å². The lowest BCUT2D eigenvalue weighted by Gasteiger charge is -2.44. The Balaban J connectivity index is 2.02. The van der Waals surface area contributed by atoms with E-state index < -0.39 is 0 Å². The van der Waals surface area contributed by atoms with Crippen molar-refractivity contribution in [2.45, 2.75) is 58.9 Å². The molecule has 17 heavy (non-hydrogen) atoms. The Morgan fingerprint density at radius 3 is 2.41 bits per heavy atom. The van der Waals surface area contributed by atoms with Gasteiger partial charge in [-0.05, 0) is 49.6 Å². The van der Waals surface area contributed by atoms with E-state index in [4.69, 9.17) is 5.73 Å². The van der Waals surface area contributed by atoms with E-state index in [0.717, 1.165) is 24.4 Å². The van der Waals surface area contributed by atoms with Gasteiger partial charge in [0.05, 0.1) is 0 Å². The molecule has 2 nitrogen and oxygen atoms in total. The van der Waals surface area contributed by atoms with Crippen LogP contribution >= 0.6 is 0 Å². The smallest absolute Gasteiger partial charge is 0.0129 e. The van der Waals surface area contributed by atoms with Crippen molar-refractivity contribution in [1.29, 1.82) is 0 Å². The molecule has 1 saturated heterocycles. The van der Waals surface area contributed by atoms with E-state index in [1.807, 2.05) is 0 Å². The standard InChI is InChI=1S/C15H30N2/c1-15(2,3)13-6-4-5-7-14(13)17-9-8-12(10-16)11-17/h12-14H,4-11,16H2,1-3H3. The molecule has 0 amide bonds. The summed E-state index contributed by atoms with van der Waals surface area (Å²) in [5, 5.41) is 0. The zero-order chi connectivity index (χ0) is 12.5. The maximum atomic E-state index is 5.82. The number of hydrogen-bond donors (Lipinski definition) is 1. The highest BCUT2D eigenvalue weighted by molar-refractivity contribution is 4.92. The molecule has 3 atom stereocenters. The van der Waals surface area contributed by atoms with Gasteiger partial charge in [0.25, 0.3) is 0 Å². The minimum atomic E-state index is 0.464. The average molecular weight is 238 g/mol. The largest absolute Gasteiger partial charge is 0.330 e. The molecule has 1 aliphatic heterocycles. The molecule has 0 radical (unpaired) electrons. The Morgan fingerprint density at radius 2 is 1.82 bits per heavy atom. The second kappa shape index (κ2) is 5.27. The van der Waals surface area contributed by atoms with E-state index in [9.17, 15) is 0 Å². The molecular weight excluding hydrogens is 208 g/mol. The summed E-state index contributed by atoms with van der Waals surface area (Å²) >= 11 is 0. The first kappa shape index (κ1) is 13.4. The number of likely N-dealkylation sites (tertiary alicyclic amines) is 1. The Labute approximate surface area is 107 Å². The van der Waals surface area contributed by atoms with Crippen LogP contribution in [-0.2, 0) is 0 Å². The van der Waals surface area contributed by atoms with Crippen LogP contribution in [0.1, 0.15) is 52.9 Å². The summed E-state index contributed by atoms with van der Waals surface area (Å²) in [6.45, 7) is 10.7. The van der Waals surface area contributed by atoms with E-state index in [0.29, 0.717) is 5.41 Å². The molecule has 100 valence electrons. The highest BCUT2D eigenvalue weighted by Gasteiger charge is 2.39. The summed E-state index contributed by atoms with van der Waals surface area (Å²) < 4.78 is 0. The summed E-state index contributed by atoms with van der Waals surface area (Å²) in [7, 11) is 0. The number of nitrogens with two attached hydrogens (primary N) is 1. The summed E-state index contributed by atoms with van der Waals surface area (Å²) in [6.07, 6.45) is 7.04. The molecule has 2 heteroatoms. The monoisotopic (exact) mass is 238 g/mol. The minimum absolute atomic E-state index is 0.464. The second-order valence-corrected chi connectivity index (χ2v) is 7.21. The lowest BCUT2D eigenvalue weighted by atomic mass is 9.69. The Bertz CT molecular complexity index is 244. The highest BCUT2D eigenvalue weighted by atomic mass is 15.2. The fraction of sp³-hybridized carbons (Fsp3) is 1.00. The van der Waals surface area contributed by atoms with E-state index in [2.05, 4.69) is 25.7 Å². The maximum Gasteiger partial charge on any atom is 0.0129 e. The fourth-order valence-electron chi connectivity index (χ4n) is 3.91. The lowest BCUT2D eigenvalue weighted by molar-refractivity contribution is 0.0537. The lowest BCUT2D eigenvalue weighted by Crippen LogP contribution is -2.46. The van der Waals surface area contributed by atoms with Crippen LogP contribution in [0.5, 0.6) is 0 Å². The van der Waals surface area contributed by atoms with Gasteiger partial charge >= 0.3 is 0 Å². The molecule has 2 aliphatic rings. The van der Waals surface area contributed by atoms with Gasteiger partial charge in [-0.15, -0.1) is 0 Å². The number of rotatable bonds is 2. The van der Waals surface area contributed by atoms with Crippen molar-refractivity contribution in [3.8, 4) is 0 Å². The van der Waals surface area contributed by atoms with Crippen molar-refractivity contribution >= 4 is 0 Å². The predicted octanol–water partition coefficient (Wildman–Crippen LogP) is 2.87. The van der Waals surface area contributed by atoms with Gasteiger partial charge in [-0.1, -0.05) is 33.6 Å². The maximum absolute atomic E-state index is 5.82. The molecule has 1 aliphatic carbocycles. The summed E-state index contributed by atoms with van der Waals surface area (Å²) in [5.41, 5.74) is 6.28. The number of nitrogens with zero attached hydrogens (tertiary/aromatic N) is 1. The van der Waals surface area contributed by atoms with Crippen LogP contribution in [0.3, 0.4) is 0 Å². The normalized spacial score (nSPS) is 36.4. The molecular formula is C15H30N2. The van der Waals surface area contributed by atoms with Crippen molar-refractivity contribution in [1.82, 2.24) is 4.90 Å². The summed E-state index contributed by atoms with van der Waals surface area (Å²) in [5.74, 6) is 1.64. The van der Waals surface area contributed by atoms with Gasteiger partial charge in [-0.25, -0.2) is 0 Å². The third-order valence-electron chi connectivity index (χ3n) is 4.96. The van der Waals surface area contributed by atoms with Crippen molar-refractivity contribution in [3.63, 3.8) is 0 Å². The third-order valence-corrected chi connectivity index (χ3v) is 4.96. The first-order chi connectivity index (χ1) is 8.02. The Kier molecular flexibility index (Phi) is 4.14. The molecule has 0 aromatic heterocycles. The van der Waals surface area contributed by atoms with Gasteiger partial charge in [0, 0.05) is 12.6 Å². The van der Waals surface area contributed by atoms with Crippen LogP contribution < -0.4 is 5.73 Å². The van der Waals surface area contributed by atoms with Crippen molar-refractivity contribution in [3.05, 3.63) is 0 Å². The molecule has 2 fully saturated rings. The van der Waals surface area contributed by atoms with Crippen LogP contribution in [0.4, 0.5) is 0 Å². The minimum Gasteiger partial charge on any atom is -0.330 e. The predicted molar refractivity (Wildman–Crippen MR) is 73.9 cm³/mol. The molecule has 0 aromatic rings. The van der Waals surface area contributed by atoms with Crippen molar-refractivity contribution in [2.24, 2.45) is 23.0 Å². The SMILES string of the molecule is CC(C)(C)C1CCCCC1N1CCC(CN)C1. The number of hydrogen-bond acceptors (Lipinski definition) is 2. The van der Waals surface area contributed by atoms with Gasteiger partial charge in [0.1, 0.15) is 0 Å². The average Bonchev–Trinajstić information content (AvgIpc) is 2.76. The van der Waals surface area contributed by atoms with Crippen LogP contribution in [0.2, 0.25) is 0 Å².